The quantitative estimate of drug-likeness (QED) is 0.895. The van der Waals surface area contributed by atoms with Crippen molar-refractivity contribution in [3.05, 3.63) is 35.4 Å². The monoisotopic (exact) mass is 276 g/mol. The molecule has 0 spiro atoms. The van der Waals surface area contributed by atoms with Crippen LogP contribution in [0, 0.1) is 0 Å². The van der Waals surface area contributed by atoms with Crippen molar-refractivity contribution in [1.82, 2.24) is 9.80 Å². The van der Waals surface area contributed by atoms with Crippen molar-refractivity contribution in [2.24, 2.45) is 0 Å². The molecule has 1 aromatic carbocycles. The molecule has 3 nitrogen and oxygen atoms in total. The molecule has 3 heteroatoms. The first kappa shape index (κ1) is 15.5. The van der Waals surface area contributed by atoms with Crippen molar-refractivity contribution in [1.29, 1.82) is 0 Å². The van der Waals surface area contributed by atoms with Crippen LogP contribution < -0.4 is 0 Å². The highest BCUT2D eigenvalue weighted by molar-refractivity contribution is 5.26. The number of aliphatic hydroxyl groups is 1. The second-order valence-corrected chi connectivity index (χ2v) is 6.07. The van der Waals surface area contributed by atoms with E-state index in [1.807, 2.05) is 0 Å². The van der Waals surface area contributed by atoms with Gasteiger partial charge in [-0.15, -0.1) is 0 Å². The number of aliphatic hydroxyl groups excluding tert-OH is 1. The Labute approximate surface area is 123 Å². The first-order valence-electron chi connectivity index (χ1n) is 7.82. The molecule has 0 radical (unpaired) electrons. The molecule has 1 fully saturated rings. The van der Waals surface area contributed by atoms with Gasteiger partial charge in [0.2, 0.25) is 0 Å². The van der Waals surface area contributed by atoms with Crippen LogP contribution in [-0.2, 0) is 0 Å². The molecule has 0 aromatic heterocycles. The summed E-state index contributed by atoms with van der Waals surface area (Å²) in [6.45, 7) is 12.8. The zero-order chi connectivity index (χ0) is 14.5. The summed E-state index contributed by atoms with van der Waals surface area (Å²) in [4.78, 5) is 4.83. The highest BCUT2D eigenvalue weighted by Crippen LogP contribution is 2.19. The molecule has 0 amide bonds. The molecule has 0 bridgehead atoms. The zero-order valence-electron chi connectivity index (χ0n) is 13.0. The number of piperazine rings is 1. The lowest BCUT2D eigenvalue weighted by molar-refractivity contribution is 0.0744. The van der Waals surface area contributed by atoms with Crippen LogP contribution in [0.2, 0.25) is 0 Å². The average Bonchev–Trinajstić information content (AvgIpc) is 2.48. The van der Waals surface area contributed by atoms with Crippen molar-refractivity contribution in [3.63, 3.8) is 0 Å². The largest absolute Gasteiger partial charge is 0.387 e. The van der Waals surface area contributed by atoms with Gasteiger partial charge < -0.3 is 10.0 Å². The normalized spacial score (nSPS) is 19.4. The molecule has 1 aliphatic rings. The van der Waals surface area contributed by atoms with Crippen LogP contribution in [-0.4, -0.2) is 54.2 Å². The standard InChI is InChI=1S/C17H28N2O/c1-4-18-9-11-19(12-10-18)13-17(20)16-7-5-15(6-8-16)14(2)3/h5-8,14,17,20H,4,9-13H2,1-3H3. The van der Waals surface area contributed by atoms with Crippen LogP contribution >= 0.6 is 0 Å². The minimum atomic E-state index is -0.371. The Hall–Kier alpha value is -0.900. The van der Waals surface area contributed by atoms with Crippen molar-refractivity contribution < 1.29 is 5.11 Å². The van der Waals surface area contributed by atoms with Crippen LogP contribution in [0.25, 0.3) is 0 Å². The molecule has 1 heterocycles. The van der Waals surface area contributed by atoms with Crippen LogP contribution in [0.3, 0.4) is 0 Å². The number of hydrogen-bond donors (Lipinski definition) is 1. The Morgan fingerprint density at radius 2 is 1.45 bits per heavy atom. The fourth-order valence-electron chi connectivity index (χ4n) is 2.74. The van der Waals surface area contributed by atoms with Gasteiger partial charge in [0.15, 0.2) is 0 Å². The van der Waals surface area contributed by atoms with Gasteiger partial charge in [0, 0.05) is 32.7 Å². The smallest absolute Gasteiger partial charge is 0.0916 e. The predicted molar refractivity (Wildman–Crippen MR) is 84.0 cm³/mol. The molecule has 1 aromatic rings. The molecule has 1 aliphatic heterocycles. The molecule has 1 saturated heterocycles. The SMILES string of the molecule is CCN1CCN(CC(O)c2ccc(C(C)C)cc2)CC1. The highest BCUT2D eigenvalue weighted by atomic mass is 16.3. The fourth-order valence-corrected chi connectivity index (χ4v) is 2.74. The lowest BCUT2D eigenvalue weighted by Gasteiger charge is -2.35. The summed E-state index contributed by atoms with van der Waals surface area (Å²) in [5, 5.41) is 10.4. The second-order valence-electron chi connectivity index (χ2n) is 6.07. The third-order valence-corrected chi connectivity index (χ3v) is 4.33. The summed E-state index contributed by atoms with van der Waals surface area (Å²) in [5.41, 5.74) is 2.37. The molecular weight excluding hydrogens is 248 g/mol. The van der Waals surface area contributed by atoms with Gasteiger partial charge in [-0.3, -0.25) is 4.90 Å². The lowest BCUT2D eigenvalue weighted by atomic mass is 10.00. The Balaban J connectivity index is 1.87. The van der Waals surface area contributed by atoms with E-state index in [0.29, 0.717) is 5.92 Å². The van der Waals surface area contributed by atoms with Gasteiger partial charge >= 0.3 is 0 Å². The van der Waals surface area contributed by atoms with Gasteiger partial charge in [0.05, 0.1) is 6.10 Å². The molecule has 1 atom stereocenters. The maximum Gasteiger partial charge on any atom is 0.0916 e. The molecule has 0 saturated carbocycles. The fraction of sp³-hybridized carbons (Fsp3) is 0.647. The molecule has 20 heavy (non-hydrogen) atoms. The molecule has 1 unspecified atom stereocenters. The van der Waals surface area contributed by atoms with E-state index in [4.69, 9.17) is 0 Å². The van der Waals surface area contributed by atoms with Crippen LogP contribution in [0.1, 0.15) is 43.9 Å². The number of hydrogen-bond acceptors (Lipinski definition) is 3. The Kier molecular flexibility index (Phi) is 5.58. The summed E-state index contributed by atoms with van der Waals surface area (Å²) in [6.07, 6.45) is -0.371. The van der Waals surface area contributed by atoms with Crippen molar-refractivity contribution in [2.75, 3.05) is 39.3 Å². The van der Waals surface area contributed by atoms with Gasteiger partial charge in [-0.2, -0.15) is 0 Å². The number of likely N-dealkylation sites (N-methyl/N-ethyl adjacent to an activating group) is 1. The Morgan fingerprint density at radius 1 is 0.950 bits per heavy atom. The third-order valence-electron chi connectivity index (χ3n) is 4.33. The lowest BCUT2D eigenvalue weighted by Crippen LogP contribution is -2.47. The van der Waals surface area contributed by atoms with E-state index < -0.39 is 0 Å². The average molecular weight is 276 g/mol. The van der Waals surface area contributed by atoms with Crippen LogP contribution in [0.15, 0.2) is 24.3 Å². The van der Waals surface area contributed by atoms with Crippen molar-refractivity contribution in [2.45, 2.75) is 32.8 Å². The van der Waals surface area contributed by atoms with Gasteiger partial charge in [-0.05, 0) is 23.6 Å². The maximum atomic E-state index is 10.4. The van der Waals surface area contributed by atoms with E-state index in [9.17, 15) is 5.11 Å². The summed E-state index contributed by atoms with van der Waals surface area (Å²) < 4.78 is 0. The predicted octanol–water partition coefficient (Wildman–Crippen LogP) is 2.48. The number of nitrogens with zero attached hydrogens (tertiary/aromatic N) is 2. The first-order chi connectivity index (χ1) is 9.60. The summed E-state index contributed by atoms with van der Waals surface area (Å²) >= 11 is 0. The first-order valence-corrected chi connectivity index (χ1v) is 7.82. The van der Waals surface area contributed by atoms with Crippen LogP contribution in [0.5, 0.6) is 0 Å². The van der Waals surface area contributed by atoms with Gasteiger partial charge in [0.1, 0.15) is 0 Å². The number of β-amino-alcohol motifs (C(OH)–C–C–N with tert-alkyl or cyclic N) is 1. The van der Waals surface area contributed by atoms with E-state index in [1.165, 1.54) is 5.56 Å². The molecule has 0 aliphatic carbocycles. The summed E-state index contributed by atoms with van der Waals surface area (Å²) in [7, 11) is 0. The highest BCUT2D eigenvalue weighted by Gasteiger charge is 2.18. The molecule has 1 N–H and O–H groups in total. The Morgan fingerprint density at radius 3 is 1.95 bits per heavy atom. The minimum Gasteiger partial charge on any atom is -0.387 e. The van der Waals surface area contributed by atoms with Crippen LogP contribution in [0.4, 0.5) is 0 Å². The molecule has 2 rings (SSSR count). The van der Waals surface area contributed by atoms with Gasteiger partial charge in [0.25, 0.3) is 0 Å². The third kappa shape index (κ3) is 4.05. The second kappa shape index (κ2) is 7.21. The molecular formula is C17H28N2O. The van der Waals surface area contributed by atoms with E-state index in [0.717, 1.165) is 44.8 Å². The molecule has 112 valence electrons. The number of benzene rings is 1. The minimum absolute atomic E-state index is 0.371. The summed E-state index contributed by atoms with van der Waals surface area (Å²) in [5.74, 6) is 0.545. The topological polar surface area (TPSA) is 26.7 Å². The van der Waals surface area contributed by atoms with E-state index in [2.05, 4.69) is 54.8 Å². The van der Waals surface area contributed by atoms with Crippen molar-refractivity contribution >= 4 is 0 Å². The zero-order valence-corrected chi connectivity index (χ0v) is 13.0. The van der Waals surface area contributed by atoms with E-state index in [-0.39, 0.29) is 6.10 Å². The van der Waals surface area contributed by atoms with E-state index >= 15 is 0 Å². The number of rotatable bonds is 5. The van der Waals surface area contributed by atoms with Gasteiger partial charge in [-0.25, -0.2) is 0 Å². The Bertz CT molecular complexity index is 394. The van der Waals surface area contributed by atoms with Crippen molar-refractivity contribution in [3.8, 4) is 0 Å². The van der Waals surface area contributed by atoms with Gasteiger partial charge in [-0.1, -0.05) is 45.0 Å². The maximum absolute atomic E-state index is 10.4. The summed E-state index contributed by atoms with van der Waals surface area (Å²) in [6, 6.07) is 8.42. The van der Waals surface area contributed by atoms with E-state index in [1.54, 1.807) is 0 Å².